The standard InChI is InChI=1S/C26H38O17/c1-11(27)33-9-13-15(35-12(2)28)17(38-23(29)31-7)19(39-24(30)32-8)21(36-13)34-10-14-16-18(41-25(3,4)40-16)20-22(37-14)43-26(5,6)42-20/h13-22H,9-10H2,1-8H3/t13-,14-,15-,16+,17+,18+,19-,20-,21-,22-/m1/s1. The molecule has 10 atom stereocenters. The molecule has 4 rings (SSSR count). The number of methoxy groups -OCH3 is 2. The lowest BCUT2D eigenvalue weighted by Crippen LogP contribution is -2.63. The van der Waals surface area contributed by atoms with Crippen LogP contribution < -0.4 is 0 Å². The number of carbonyl (C=O) groups excluding carboxylic acids is 4. The van der Waals surface area contributed by atoms with Crippen LogP contribution in [0.3, 0.4) is 0 Å². The van der Waals surface area contributed by atoms with E-state index >= 15 is 0 Å². The van der Waals surface area contributed by atoms with Crippen LogP contribution in [-0.4, -0.2) is 125 Å². The summed E-state index contributed by atoms with van der Waals surface area (Å²) in [5.41, 5.74) is 0. The lowest BCUT2D eigenvalue weighted by atomic mass is 9.97. The zero-order chi connectivity index (χ0) is 31.7. The number of hydrogen-bond donors (Lipinski definition) is 0. The van der Waals surface area contributed by atoms with Crippen LogP contribution >= 0.6 is 0 Å². The number of fused-ring (bicyclic) bond motifs is 3. The number of esters is 2. The molecule has 4 aliphatic heterocycles. The summed E-state index contributed by atoms with van der Waals surface area (Å²) in [5, 5.41) is 0. The Morgan fingerprint density at radius 1 is 0.628 bits per heavy atom. The number of rotatable bonds is 8. The van der Waals surface area contributed by atoms with Crippen LogP contribution in [0.5, 0.6) is 0 Å². The zero-order valence-corrected chi connectivity index (χ0v) is 25.1. The molecule has 4 fully saturated rings. The predicted molar refractivity (Wildman–Crippen MR) is 134 cm³/mol. The van der Waals surface area contributed by atoms with E-state index in [1.54, 1.807) is 27.7 Å². The molecule has 0 radical (unpaired) electrons. The summed E-state index contributed by atoms with van der Waals surface area (Å²) in [6.45, 7) is 8.54. The van der Waals surface area contributed by atoms with E-state index in [0.717, 1.165) is 28.1 Å². The molecule has 4 heterocycles. The Bertz CT molecular complexity index is 1040. The second kappa shape index (κ2) is 13.1. The predicted octanol–water partition coefficient (Wildman–Crippen LogP) is 0.922. The summed E-state index contributed by atoms with van der Waals surface area (Å²) in [5.74, 6) is -3.40. The molecule has 244 valence electrons. The van der Waals surface area contributed by atoms with Gasteiger partial charge in [-0.3, -0.25) is 9.59 Å². The van der Waals surface area contributed by atoms with Crippen LogP contribution in [0.4, 0.5) is 9.59 Å². The van der Waals surface area contributed by atoms with Gasteiger partial charge in [0, 0.05) is 13.8 Å². The van der Waals surface area contributed by atoms with Crippen LogP contribution in [0.15, 0.2) is 0 Å². The summed E-state index contributed by atoms with van der Waals surface area (Å²) in [6.07, 6.45) is -13.2. The highest BCUT2D eigenvalue weighted by Crippen LogP contribution is 2.44. The molecule has 0 aromatic rings. The van der Waals surface area contributed by atoms with E-state index < -0.39 is 104 Å². The Morgan fingerprint density at radius 2 is 1.21 bits per heavy atom. The minimum Gasteiger partial charge on any atom is -0.463 e. The van der Waals surface area contributed by atoms with Crippen molar-refractivity contribution in [3.8, 4) is 0 Å². The average molecular weight is 623 g/mol. The summed E-state index contributed by atoms with van der Waals surface area (Å²) in [7, 11) is 2.11. The first-order valence-corrected chi connectivity index (χ1v) is 13.6. The van der Waals surface area contributed by atoms with Crippen molar-refractivity contribution in [1.82, 2.24) is 0 Å². The van der Waals surface area contributed by atoms with Crippen molar-refractivity contribution >= 4 is 24.2 Å². The Balaban J connectivity index is 1.61. The molecule has 17 heteroatoms. The molecule has 0 N–H and O–H groups in total. The van der Waals surface area contributed by atoms with Gasteiger partial charge >= 0.3 is 24.2 Å². The van der Waals surface area contributed by atoms with Gasteiger partial charge in [0.1, 0.15) is 37.1 Å². The smallest absolute Gasteiger partial charge is 0.463 e. The summed E-state index contributed by atoms with van der Waals surface area (Å²) in [6, 6.07) is 0. The van der Waals surface area contributed by atoms with Gasteiger partial charge in [-0.05, 0) is 27.7 Å². The topological polar surface area (TPSA) is 188 Å². The van der Waals surface area contributed by atoms with E-state index in [0.29, 0.717) is 0 Å². The van der Waals surface area contributed by atoms with E-state index in [9.17, 15) is 19.2 Å². The lowest BCUT2D eigenvalue weighted by molar-refractivity contribution is -0.317. The minimum atomic E-state index is -1.57. The fourth-order valence-corrected chi connectivity index (χ4v) is 5.28. The number of ether oxygens (including phenoxy) is 13. The van der Waals surface area contributed by atoms with E-state index in [4.69, 9.17) is 52.1 Å². The minimum absolute atomic E-state index is 0.247. The van der Waals surface area contributed by atoms with E-state index in [2.05, 4.69) is 9.47 Å². The normalized spacial score (nSPS) is 37.3. The monoisotopic (exact) mass is 622 g/mol. The van der Waals surface area contributed by atoms with Crippen LogP contribution in [0, 0.1) is 0 Å². The molecular formula is C26H38O17. The first-order chi connectivity index (χ1) is 20.1. The first kappa shape index (κ1) is 33.1. The van der Waals surface area contributed by atoms with Gasteiger partial charge in [-0.2, -0.15) is 0 Å². The highest BCUT2D eigenvalue weighted by molar-refractivity contribution is 5.67. The van der Waals surface area contributed by atoms with Crippen LogP contribution in [0.1, 0.15) is 41.5 Å². The summed E-state index contributed by atoms with van der Waals surface area (Å²) >= 11 is 0. The van der Waals surface area contributed by atoms with Gasteiger partial charge in [0.15, 0.2) is 42.5 Å². The second-order valence-corrected chi connectivity index (χ2v) is 11.0. The molecule has 0 saturated carbocycles. The summed E-state index contributed by atoms with van der Waals surface area (Å²) < 4.78 is 72.8. The third-order valence-electron chi connectivity index (χ3n) is 6.82. The molecule has 4 aliphatic rings. The third kappa shape index (κ3) is 7.84. The Hall–Kier alpha value is -2.80. The molecular weight excluding hydrogens is 584 g/mol. The number of carbonyl (C=O) groups is 4. The van der Waals surface area contributed by atoms with Gasteiger partial charge in [0.05, 0.1) is 20.8 Å². The van der Waals surface area contributed by atoms with Gasteiger partial charge in [0.2, 0.25) is 0 Å². The quantitative estimate of drug-likeness (QED) is 0.274. The van der Waals surface area contributed by atoms with Crippen molar-refractivity contribution < 1.29 is 80.8 Å². The lowest BCUT2D eigenvalue weighted by Gasteiger charge is -2.44. The van der Waals surface area contributed by atoms with Crippen molar-refractivity contribution in [1.29, 1.82) is 0 Å². The largest absolute Gasteiger partial charge is 0.508 e. The van der Waals surface area contributed by atoms with Gasteiger partial charge in [-0.15, -0.1) is 0 Å². The fraction of sp³-hybridized carbons (Fsp3) is 0.846. The van der Waals surface area contributed by atoms with Crippen molar-refractivity contribution in [2.75, 3.05) is 27.4 Å². The van der Waals surface area contributed by atoms with Crippen LogP contribution in [0.2, 0.25) is 0 Å². The maximum atomic E-state index is 12.3. The zero-order valence-electron chi connectivity index (χ0n) is 25.1. The third-order valence-corrected chi connectivity index (χ3v) is 6.82. The van der Waals surface area contributed by atoms with Gasteiger partial charge in [0.25, 0.3) is 0 Å². The molecule has 0 aromatic heterocycles. The molecule has 17 nitrogen and oxygen atoms in total. The van der Waals surface area contributed by atoms with Gasteiger partial charge in [-0.25, -0.2) is 9.59 Å². The maximum absolute atomic E-state index is 12.3. The van der Waals surface area contributed by atoms with Crippen molar-refractivity contribution in [3.63, 3.8) is 0 Å². The highest BCUT2D eigenvalue weighted by Gasteiger charge is 2.61. The highest BCUT2D eigenvalue weighted by atomic mass is 16.9. The molecule has 0 spiro atoms. The van der Waals surface area contributed by atoms with E-state index in [1.165, 1.54) is 0 Å². The molecule has 4 saturated heterocycles. The number of hydrogen-bond acceptors (Lipinski definition) is 17. The Morgan fingerprint density at radius 3 is 1.81 bits per heavy atom. The Labute approximate surface area is 247 Å². The molecule has 43 heavy (non-hydrogen) atoms. The second-order valence-electron chi connectivity index (χ2n) is 11.0. The van der Waals surface area contributed by atoms with E-state index in [-0.39, 0.29) is 6.61 Å². The van der Waals surface area contributed by atoms with Gasteiger partial charge in [-0.1, -0.05) is 0 Å². The molecule has 0 unspecified atom stereocenters. The van der Waals surface area contributed by atoms with E-state index in [1.807, 2.05) is 0 Å². The fourth-order valence-electron chi connectivity index (χ4n) is 5.28. The first-order valence-electron chi connectivity index (χ1n) is 13.6. The Kier molecular flexibility index (Phi) is 10.0. The average Bonchev–Trinajstić information content (AvgIpc) is 3.41. The van der Waals surface area contributed by atoms with Crippen molar-refractivity contribution in [2.45, 2.75) is 115 Å². The van der Waals surface area contributed by atoms with Crippen molar-refractivity contribution in [2.24, 2.45) is 0 Å². The van der Waals surface area contributed by atoms with Crippen molar-refractivity contribution in [3.05, 3.63) is 0 Å². The summed E-state index contributed by atoms with van der Waals surface area (Å²) in [4.78, 5) is 48.1. The van der Waals surface area contributed by atoms with Crippen LogP contribution in [-0.2, 0) is 71.2 Å². The van der Waals surface area contributed by atoms with Crippen LogP contribution in [0.25, 0.3) is 0 Å². The maximum Gasteiger partial charge on any atom is 0.508 e. The molecule has 0 amide bonds. The SMILES string of the molecule is COC(=O)O[C@@H]1[C@@H](OC(=O)OC)[C@H](OC[C@H]2O[C@@H]3OC(C)(C)O[C@@H]3[C@H]3OC(C)(C)O[C@H]32)O[C@H](COC(C)=O)[C@H]1OC(C)=O. The molecule has 0 aromatic carbocycles. The van der Waals surface area contributed by atoms with Gasteiger partial charge < -0.3 is 61.6 Å². The molecule has 0 aliphatic carbocycles. The molecule has 0 bridgehead atoms.